The number of unbranched alkanes of at least 4 members (excludes halogenated alkanes) is 3. The highest BCUT2D eigenvalue weighted by molar-refractivity contribution is 5.34. The Kier molecular flexibility index (Phi) is 6.41. The van der Waals surface area contributed by atoms with Crippen LogP contribution in [-0.4, -0.2) is 12.2 Å². The van der Waals surface area contributed by atoms with Crippen molar-refractivity contribution in [3.63, 3.8) is 0 Å². The molecule has 0 aromatic rings. The maximum Gasteiger partial charge on any atom is 0.0598 e. The summed E-state index contributed by atoms with van der Waals surface area (Å²) in [4.78, 5) is 0. The number of rotatable bonds is 7. The van der Waals surface area contributed by atoms with Crippen molar-refractivity contribution in [3.05, 3.63) is 31.6 Å². The van der Waals surface area contributed by atoms with Crippen LogP contribution in [0.2, 0.25) is 0 Å². The largest absolute Gasteiger partial charge is 0.376 e. The maximum absolute atomic E-state index is 5.68. The van der Waals surface area contributed by atoms with E-state index in [2.05, 4.69) is 46.5 Å². The summed E-state index contributed by atoms with van der Waals surface area (Å²) in [5, 5.41) is 0. The van der Waals surface area contributed by atoms with Crippen molar-refractivity contribution in [1.82, 2.24) is 0 Å². The van der Waals surface area contributed by atoms with Gasteiger partial charge in [0.05, 0.1) is 5.60 Å². The maximum atomic E-state index is 5.68. The number of ether oxygens (including phenoxy) is 1. The molecule has 0 aliphatic heterocycles. The van der Waals surface area contributed by atoms with Gasteiger partial charge in [-0.05, 0) is 65.2 Å². The highest BCUT2D eigenvalue weighted by atomic mass is 16.5. The first-order valence-electron chi connectivity index (χ1n) is 6.42. The fraction of sp³-hybridized carbons (Fsp3) is 0.667. The summed E-state index contributed by atoms with van der Waals surface area (Å²) in [6, 6.07) is 0. The quantitative estimate of drug-likeness (QED) is 0.587. The van der Waals surface area contributed by atoms with Crippen LogP contribution in [0, 0.1) is 31.6 Å². The molecule has 1 aliphatic carbocycles. The molecule has 5 radical (unpaired) electrons. The number of hydrogen-bond acceptors (Lipinski definition) is 1. The molecule has 0 aromatic heterocycles. The Hall–Kier alpha value is -0.0400. The van der Waals surface area contributed by atoms with Crippen LogP contribution in [0.15, 0.2) is 0 Å². The summed E-state index contributed by atoms with van der Waals surface area (Å²) in [5.74, 6) is 1.48. The molecule has 0 heterocycles. The van der Waals surface area contributed by atoms with Gasteiger partial charge in [-0.2, -0.15) is 0 Å². The molecular formula is C15H25O. The summed E-state index contributed by atoms with van der Waals surface area (Å²) >= 11 is 0. The lowest BCUT2D eigenvalue weighted by Gasteiger charge is -2.19. The van der Waals surface area contributed by atoms with E-state index in [9.17, 15) is 0 Å². The van der Waals surface area contributed by atoms with Gasteiger partial charge in [0.25, 0.3) is 0 Å². The molecule has 1 heteroatoms. The van der Waals surface area contributed by atoms with Gasteiger partial charge < -0.3 is 4.74 Å². The Morgan fingerprint density at radius 3 is 2.19 bits per heavy atom. The molecule has 0 amide bonds. The molecule has 1 rings (SSSR count). The normalized spacial score (nSPS) is 18.2. The van der Waals surface area contributed by atoms with E-state index in [4.69, 9.17) is 4.74 Å². The molecular weight excluding hydrogens is 196 g/mol. The van der Waals surface area contributed by atoms with E-state index in [1.807, 2.05) is 0 Å². The van der Waals surface area contributed by atoms with Gasteiger partial charge in [0.1, 0.15) is 0 Å². The van der Waals surface area contributed by atoms with Crippen LogP contribution in [0.5, 0.6) is 0 Å². The predicted molar refractivity (Wildman–Crippen MR) is 69.2 cm³/mol. The van der Waals surface area contributed by atoms with Crippen molar-refractivity contribution in [2.45, 2.75) is 58.5 Å². The fourth-order valence-corrected chi connectivity index (χ4v) is 1.74. The Labute approximate surface area is 102 Å². The van der Waals surface area contributed by atoms with Gasteiger partial charge in [-0.3, -0.25) is 0 Å². The first kappa shape index (κ1) is 14.0. The van der Waals surface area contributed by atoms with Crippen molar-refractivity contribution in [2.75, 3.05) is 6.61 Å². The van der Waals surface area contributed by atoms with Crippen molar-refractivity contribution < 1.29 is 4.74 Å². The van der Waals surface area contributed by atoms with Crippen molar-refractivity contribution >= 4 is 0 Å². The molecule has 0 unspecified atom stereocenters. The fourth-order valence-electron chi connectivity index (χ4n) is 1.74. The predicted octanol–water partition coefficient (Wildman–Crippen LogP) is 4.16. The van der Waals surface area contributed by atoms with Gasteiger partial charge in [-0.15, -0.1) is 0 Å². The molecule has 16 heavy (non-hydrogen) atoms. The monoisotopic (exact) mass is 221 g/mol. The first-order chi connectivity index (χ1) is 7.58. The molecule has 0 bridgehead atoms. The number of hydrogen-bond donors (Lipinski definition) is 0. The molecule has 1 nitrogen and oxygen atoms in total. The summed E-state index contributed by atoms with van der Waals surface area (Å²) in [6.45, 7) is 7.24. The van der Waals surface area contributed by atoms with Gasteiger partial charge in [0.2, 0.25) is 0 Å². The third kappa shape index (κ3) is 7.27. The topological polar surface area (TPSA) is 9.23 Å². The van der Waals surface area contributed by atoms with E-state index >= 15 is 0 Å². The van der Waals surface area contributed by atoms with Gasteiger partial charge in [0.15, 0.2) is 0 Å². The molecule has 1 aliphatic rings. The molecule has 0 spiro atoms. The zero-order valence-electron chi connectivity index (χ0n) is 11.0. The van der Waals surface area contributed by atoms with Crippen molar-refractivity contribution in [3.8, 4) is 0 Å². The second-order valence-electron chi connectivity index (χ2n) is 5.42. The Bertz CT molecular complexity index is 163. The van der Waals surface area contributed by atoms with Crippen LogP contribution in [-0.2, 0) is 4.74 Å². The van der Waals surface area contributed by atoms with E-state index in [1.54, 1.807) is 0 Å². The smallest absolute Gasteiger partial charge is 0.0598 e. The summed E-state index contributed by atoms with van der Waals surface area (Å²) in [5.41, 5.74) is 0.0231. The van der Waals surface area contributed by atoms with Crippen molar-refractivity contribution in [1.29, 1.82) is 0 Å². The Balaban J connectivity index is 1.81. The molecule has 1 saturated carbocycles. The molecule has 0 atom stereocenters. The SMILES string of the molecule is CC(C)(C)OCCCCCC[C]1[CH][CH][CH][CH]1. The van der Waals surface area contributed by atoms with Crippen LogP contribution < -0.4 is 0 Å². The standard InChI is InChI=1S/C15H25O/c1-15(2,3)16-13-9-5-4-6-10-14-11-7-8-12-14/h7-8,11-12H,4-6,9-10,13H2,1-3H3. The minimum absolute atomic E-state index is 0.0231. The second kappa shape index (κ2) is 7.32. The second-order valence-corrected chi connectivity index (χ2v) is 5.42. The van der Waals surface area contributed by atoms with E-state index in [-0.39, 0.29) is 5.60 Å². The molecule has 0 saturated heterocycles. The summed E-state index contributed by atoms with van der Waals surface area (Å²) in [6.07, 6.45) is 15.0. The Morgan fingerprint density at radius 1 is 0.938 bits per heavy atom. The zero-order chi connectivity index (χ0) is 11.9. The average Bonchev–Trinajstić information content (AvgIpc) is 2.67. The lowest BCUT2D eigenvalue weighted by Crippen LogP contribution is -2.19. The minimum Gasteiger partial charge on any atom is -0.376 e. The van der Waals surface area contributed by atoms with Gasteiger partial charge in [0, 0.05) is 6.61 Å². The third-order valence-corrected chi connectivity index (χ3v) is 2.63. The average molecular weight is 221 g/mol. The van der Waals surface area contributed by atoms with E-state index in [0.29, 0.717) is 0 Å². The zero-order valence-corrected chi connectivity index (χ0v) is 11.0. The lowest BCUT2D eigenvalue weighted by molar-refractivity contribution is -0.00473. The molecule has 0 aromatic carbocycles. The van der Waals surface area contributed by atoms with Crippen LogP contribution in [0.4, 0.5) is 0 Å². The summed E-state index contributed by atoms with van der Waals surface area (Å²) < 4.78 is 5.68. The molecule has 91 valence electrons. The minimum atomic E-state index is 0.0231. The highest BCUT2D eigenvalue weighted by Gasteiger charge is 2.15. The van der Waals surface area contributed by atoms with E-state index in [1.165, 1.54) is 38.0 Å². The van der Waals surface area contributed by atoms with Gasteiger partial charge in [-0.25, -0.2) is 0 Å². The summed E-state index contributed by atoms with van der Waals surface area (Å²) in [7, 11) is 0. The van der Waals surface area contributed by atoms with Crippen LogP contribution in [0.3, 0.4) is 0 Å². The van der Waals surface area contributed by atoms with Crippen LogP contribution in [0.1, 0.15) is 52.9 Å². The Morgan fingerprint density at radius 2 is 1.56 bits per heavy atom. The van der Waals surface area contributed by atoms with E-state index in [0.717, 1.165) is 6.61 Å². The van der Waals surface area contributed by atoms with Crippen LogP contribution >= 0.6 is 0 Å². The molecule has 1 fully saturated rings. The van der Waals surface area contributed by atoms with Crippen molar-refractivity contribution in [2.24, 2.45) is 0 Å². The van der Waals surface area contributed by atoms with Crippen LogP contribution in [0.25, 0.3) is 0 Å². The molecule has 0 N–H and O–H groups in total. The highest BCUT2D eigenvalue weighted by Crippen LogP contribution is 2.27. The lowest BCUT2D eigenvalue weighted by atomic mass is 9.99. The first-order valence-corrected chi connectivity index (χ1v) is 6.42. The van der Waals surface area contributed by atoms with Gasteiger partial charge in [-0.1, -0.05) is 19.3 Å². The van der Waals surface area contributed by atoms with E-state index < -0.39 is 0 Å². The third-order valence-electron chi connectivity index (χ3n) is 2.63. The van der Waals surface area contributed by atoms with Gasteiger partial charge >= 0.3 is 0 Å².